The minimum absolute atomic E-state index is 0.0746. The number of rotatable bonds is 5. The van der Waals surface area contributed by atoms with Crippen molar-refractivity contribution in [2.24, 2.45) is 0 Å². The molecule has 1 aliphatic heterocycles. The summed E-state index contributed by atoms with van der Waals surface area (Å²) in [6.07, 6.45) is 5.43. The van der Waals surface area contributed by atoms with Gasteiger partial charge in [-0.15, -0.1) is 11.3 Å². The summed E-state index contributed by atoms with van der Waals surface area (Å²) >= 11 is 7.21. The van der Waals surface area contributed by atoms with Crippen LogP contribution in [-0.2, 0) is 10.0 Å². The molecule has 2 heterocycles. The van der Waals surface area contributed by atoms with Gasteiger partial charge >= 0.3 is 0 Å². The van der Waals surface area contributed by atoms with E-state index in [9.17, 15) is 8.42 Å². The average Bonchev–Trinajstić information content (AvgIpc) is 3.22. The number of hydrogen-bond donors (Lipinski definition) is 1. The Morgan fingerprint density at radius 3 is 2.76 bits per heavy atom. The Balaban J connectivity index is 1.79. The molecular weight excluding hydrogens is 328 g/mol. The Kier molecular flexibility index (Phi) is 4.62. The van der Waals surface area contributed by atoms with E-state index in [1.165, 1.54) is 24.2 Å². The van der Waals surface area contributed by atoms with E-state index in [1.54, 1.807) is 10.4 Å². The van der Waals surface area contributed by atoms with Gasteiger partial charge in [-0.05, 0) is 44.2 Å². The first kappa shape index (κ1) is 15.7. The zero-order chi connectivity index (χ0) is 15.0. The molecule has 1 N–H and O–H groups in total. The van der Waals surface area contributed by atoms with Crippen molar-refractivity contribution in [3.63, 3.8) is 0 Å². The fourth-order valence-corrected chi connectivity index (χ4v) is 6.29. The molecule has 1 aliphatic carbocycles. The topological polar surface area (TPSA) is 49.4 Å². The number of piperidine rings is 1. The van der Waals surface area contributed by atoms with E-state index in [4.69, 9.17) is 11.6 Å². The maximum Gasteiger partial charge on any atom is 0.252 e. The van der Waals surface area contributed by atoms with Gasteiger partial charge in [0.2, 0.25) is 0 Å². The van der Waals surface area contributed by atoms with E-state index >= 15 is 0 Å². The number of nitrogens with zero attached hydrogens (tertiary/aromatic N) is 1. The Morgan fingerprint density at radius 1 is 1.38 bits per heavy atom. The third-order valence-corrected chi connectivity index (χ3v) is 8.15. The van der Waals surface area contributed by atoms with Gasteiger partial charge < -0.3 is 5.32 Å². The van der Waals surface area contributed by atoms with Crippen molar-refractivity contribution in [1.82, 2.24) is 9.62 Å². The van der Waals surface area contributed by atoms with E-state index in [1.807, 2.05) is 6.92 Å². The average molecular weight is 349 g/mol. The maximum absolute atomic E-state index is 12.9. The normalized spacial score (nSPS) is 24.4. The summed E-state index contributed by atoms with van der Waals surface area (Å²) in [6, 6.07) is 2.38. The highest BCUT2D eigenvalue weighted by molar-refractivity contribution is 7.91. The first-order valence-electron chi connectivity index (χ1n) is 7.49. The van der Waals surface area contributed by atoms with Gasteiger partial charge in [-0.25, -0.2) is 8.42 Å². The lowest BCUT2D eigenvalue weighted by atomic mass is 10.1. The van der Waals surface area contributed by atoms with Gasteiger partial charge in [0.15, 0.2) is 0 Å². The van der Waals surface area contributed by atoms with Gasteiger partial charge in [-0.2, -0.15) is 4.31 Å². The van der Waals surface area contributed by atoms with Crippen LogP contribution in [0.5, 0.6) is 0 Å². The SMILES string of the molecule is Cc1cc(S(=O)(=O)N2CCCCC2CNC2CC2)sc1Cl. The molecule has 4 nitrogen and oxygen atoms in total. The number of aryl methyl sites for hydroxylation is 1. The molecule has 2 fully saturated rings. The predicted molar refractivity (Wildman–Crippen MR) is 86.6 cm³/mol. The van der Waals surface area contributed by atoms with E-state index in [2.05, 4.69) is 5.32 Å². The largest absolute Gasteiger partial charge is 0.312 e. The molecule has 1 atom stereocenters. The van der Waals surface area contributed by atoms with Crippen LogP contribution in [-0.4, -0.2) is 37.9 Å². The van der Waals surface area contributed by atoms with Crippen molar-refractivity contribution < 1.29 is 8.42 Å². The quantitative estimate of drug-likeness (QED) is 0.889. The number of nitrogens with one attached hydrogen (secondary N) is 1. The van der Waals surface area contributed by atoms with Crippen LogP contribution < -0.4 is 5.32 Å². The van der Waals surface area contributed by atoms with Gasteiger partial charge in [0.05, 0.1) is 4.34 Å². The molecule has 1 aromatic heterocycles. The Labute approximate surface area is 135 Å². The maximum atomic E-state index is 12.9. The van der Waals surface area contributed by atoms with Gasteiger partial charge in [-0.3, -0.25) is 0 Å². The zero-order valence-electron chi connectivity index (χ0n) is 12.1. The van der Waals surface area contributed by atoms with E-state index in [0.717, 1.165) is 31.4 Å². The molecule has 1 unspecified atom stereocenters. The van der Waals surface area contributed by atoms with Crippen LogP contribution in [0.1, 0.15) is 37.7 Å². The van der Waals surface area contributed by atoms with E-state index < -0.39 is 10.0 Å². The highest BCUT2D eigenvalue weighted by atomic mass is 35.5. The first-order chi connectivity index (χ1) is 9.98. The summed E-state index contributed by atoms with van der Waals surface area (Å²) in [6.45, 7) is 3.23. The fraction of sp³-hybridized carbons (Fsp3) is 0.714. The second-order valence-electron chi connectivity index (χ2n) is 5.97. The monoisotopic (exact) mass is 348 g/mol. The van der Waals surface area contributed by atoms with Crippen molar-refractivity contribution >= 4 is 33.0 Å². The van der Waals surface area contributed by atoms with Crippen molar-refractivity contribution in [1.29, 1.82) is 0 Å². The lowest BCUT2D eigenvalue weighted by Gasteiger charge is -2.34. The highest BCUT2D eigenvalue weighted by Crippen LogP contribution is 2.34. The predicted octanol–water partition coefficient (Wildman–Crippen LogP) is 3.01. The number of hydrogen-bond acceptors (Lipinski definition) is 4. The smallest absolute Gasteiger partial charge is 0.252 e. The Bertz CT molecular complexity index is 591. The highest BCUT2D eigenvalue weighted by Gasteiger charge is 2.35. The third-order valence-electron chi connectivity index (χ3n) is 4.19. The summed E-state index contributed by atoms with van der Waals surface area (Å²) in [7, 11) is -3.41. The van der Waals surface area contributed by atoms with Crippen LogP contribution in [0.15, 0.2) is 10.3 Å². The van der Waals surface area contributed by atoms with Gasteiger partial charge in [0.1, 0.15) is 4.21 Å². The summed E-state index contributed by atoms with van der Waals surface area (Å²) in [5.41, 5.74) is 0.838. The third kappa shape index (κ3) is 3.45. The summed E-state index contributed by atoms with van der Waals surface area (Å²) < 4.78 is 28.4. The molecule has 118 valence electrons. The lowest BCUT2D eigenvalue weighted by Crippen LogP contribution is -2.48. The zero-order valence-corrected chi connectivity index (χ0v) is 14.5. The molecule has 7 heteroatoms. The minimum Gasteiger partial charge on any atom is -0.312 e. The molecule has 0 radical (unpaired) electrons. The van der Waals surface area contributed by atoms with Crippen molar-refractivity contribution in [3.8, 4) is 0 Å². The van der Waals surface area contributed by atoms with Gasteiger partial charge in [0, 0.05) is 25.2 Å². The second-order valence-corrected chi connectivity index (χ2v) is 9.74. The first-order valence-corrected chi connectivity index (χ1v) is 10.1. The Morgan fingerprint density at radius 2 is 2.14 bits per heavy atom. The fourth-order valence-electron chi connectivity index (χ4n) is 2.76. The minimum atomic E-state index is -3.41. The molecule has 0 amide bonds. The number of halogens is 1. The molecule has 0 spiro atoms. The van der Waals surface area contributed by atoms with Crippen LogP contribution >= 0.6 is 22.9 Å². The van der Waals surface area contributed by atoms with Crippen molar-refractivity contribution in [2.45, 2.75) is 55.3 Å². The van der Waals surface area contributed by atoms with Crippen LogP contribution in [0.2, 0.25) is 4.34 Å². The summed E-state index contributed by atoms with van der Waals surface area (Å²) in [5, 5.41) is 3.47. The molecule has 0 aromatic carbocycles. The van der Waals surface area contributed by atoms with E-state index in [-0.39, 0.29) is 6.04 Å². The Hall–Kier alpha value is -0.140. The van der Waals surface area contributed by atoms with Crippen LogP contribution in [0.25, 0.3) is 0 Å². The number of sulfonamides is 1. The van der Waals surface area contributed by atoms with Crippen LogP contribution in [0.4, 0.5) is 0 Å². The standard InChI is InChI=1S/C14H21ClN2O2S2/c1-10-8-13(20-14(10)15)21(18,19)17-7-3-2-4-12(17)9-16-11-5-6-11/h8,11-12,16H,2-7,9H2,1H3. The molecule has 21 heavy (non-hydrogen) atoms. The van der Waals surface area contributed by atoms with Crippen LogP contribution in [0, 0.1) is 6.92 Å². The molecule has 1 saturated heterocycles. The van der Waals surface area contributed by atoms with Crippen molar-refractivity contribution in [2.75, 3.05) is 13.1 Å². The molecule has 2 aliphatic rings. The molecule has 1 saturated carbocycles. The van der Waals surface area contributed by atoms with Crippen LogP contribution in [0.3, 0.4) is 0 Å². The summed E-state index contributed by atoms with van der Waals surface area (Å²) in [5.74, 6) is 0. The van der Waals surface area contributed by atoms with E-state index in [0.29, 0.717) is 21.1 Å². The second kappa shape index (κ2) is 6.16. The van der Waals surface area contributed by atoms with Gasteiger partial charge in [0.25, 0.3) is 10.0 Å². The lowest BCUT2D eigenvalue weighted by molar-refractivity contribution is 0.245. The molecule has 1 aromatic rings. The number of thiophene rings is 1. The van der Waals surface area contributed by atoms with Gasteiger partial charge in [-0.1, -0.05) is 18.0 Å². The molecule has 0 bridgehead atoms. The molecular formula is C14H21ClN2O2S2. The van der Waals surface area contributed by atoms with Crippen molar-refractivity contribution in [3.05, 3.63) is 16.0 Å². The summed E-state index contributed by atoms with van der Waals surface area (Å²) in [4.78, 5) is 0. The molecule has 3 rings (SSSR count).